The molecule has 2 atom stereocenters. The molecule has 19 heavy (non-hydrogen) atoms. The minimum absolute atomic E-state index is 0.151. The van der Waals surface area contributed by atoms with E-state index in [0.29, 0.717) is 5.92 Å². The van der Waals surface area contributed by atoms with Gasteiger partial charge in [0.05, 0.1) is 0 Å². The number of nitrogens with one attached hydrogen (secondary N) is 1. The highest BCUT2D eigenvalue weighted by molar-refractivity contribution is 5.86. The molecule has 1 aliphatic carbocycles. The Bertz CT molecular complexity index is 317. The van der Waals surface area contributed by atoms with Crippen LogP contribution in [0.3, 0.4) is 0 Å². The zero-order chi connectivity index (χ0) is 13.9. The highest BCUT2D eigenvalue weighted by atomic mass is 16.1. The molecule has 3 N–H and O–H groups in total. The second kappa shape index (κ2) is 6.23. The van der Waals surface area contributed by atoms with E-state index < -0.39 is 5.54 Å². The van der Waals surface area contributed by atoms with Crippen molar-refractivity contribution >= 4 is 5.91 Å². The number of carbonyl (C=O) groups excluding carboxylic acids is 1. The smallest absolute Gasteiger partial charge is 0.239 e. The lowest BCUT2D eigenvalue weighted by Gasteiger charge is -2.40. The van der Waals surface area contributed by atoms with E-state index in [1.807, 2.05) is 0 Å². The molecule has 0 aromatic rings. The summed E-state index contributed by atoms with van der Waals surface area (Å²) in [6.45, 7) is 8.33. The first kappa shape index (κ1) is 14.8. The lowest BCUT2D eigenvalue weighted by molar-refractivity contribution is -0.126. The summed E-state index contributed by atoms with van der Waals surface area (Å²) in [6.07, 6.45) is 5.88. The van der Waals surface area contributed by atoms with Gasteiger partial charge in [-0.1, -0.05) is 13.8 Å². The summed E-state index contributed by atoms with van der Waals surface area (Å²) in [5, 5.41) is 3.49. The molecular weight excluding hydrogens is 238 g/mol. The normalized spacial score (nSPS) is 28.0. The maximum Gasteiger partial charge on any atom is 0.239 e. The van der Waals surface area contributed by atoms with E-state index in [2.05, 4.69) is 24.1 Å². The number of hydrogen-bond acceptors (Lipinski definition) is 3. The van der Waals surface area contributed by atoms with Gasteiger partial charge >= 0.3 is 0 Å². The fourth-order valence-corrected chi connectivity index (χ4v) is 3.40. The van der Waals surface area contributed by atoms with Gasteiger partial charge in [0.1, 0.15) is 5.54 Å². The average Bonchev–Trinajstić information content (AvgIpc) is 3.18. The lowest BCUT2D eigenvalue weighted by Crippen LogP contribution is -2.64. The van der Waals surface area contributed by atoms with E-state index in [0.717, 1.165) is 51.4 Å². The Balaban J connectivity index is 2.05. The number of primary amides is 1. The summed E-state index contributed by atoms with van der Waals surface area (Å²) >= 11 is 0. The molecule has 1 aliphatic heterocycles. The molecule has 2 unspecified atom stereocenters. The van der Waals surface area contributed by atoms with Crippen molar-refractivity contribution in [3.8, 4) is 0 Å². The standard InChI is InChI=1S/C15H29N3O/c1-3-8-17-15(14(16)19,13-6-7-13)11-18-9-4-5-12(2)10-18/h12-13,17H,3-11H2,1-2H3,(H2,16,19). The molecule has 2 aliphatic rings. The van der Waals surface area contributed by atoms with Gasteiger partial charge in [-0.25, -0.2) is 0 Å². The number of nitrogens with two attached hydrogens (primary N) is 1. The maximum absolute atomic E-state index is 12.1. The Hall–Kier alpha value is -0.610. The molecule has 0 bridgehead atoms. The van der Waals surface area contributed by atoms with Crippen LogP contribution < -0.4 is 11.1 Å². The monoisotopic (exact) mass is 267 g/mol. The second-order valence-electron chi connectivity index (χ2n) is 6.52. The Morgan fingerprint density at radius 2 is 2.16 bits per heavy atom. The Labute approximate surface area is 117 Å². The van der Waals surface area contributed by atoms with Crippen molar-refractivity contribution in [2.75, 3.05) is 26.2 Å². The van der Waals surface area contributed by atoms with Crippen LogP contribution in [-0.2, 0) is 4.79 Å². The Kier molecular flexibility index (Phi) is 4.85. The van der Waals surface area contributed by atoms with Gasteiger partial charge < -0.3 is 16.0 Å². The summed E-state index contributed by atoms with van der Waals surface area (Å²) in [5.41, 5.74) is 5.30. The van der Waals surface area contributed by atoms with Gasteiger partial charge in [0.15, 0.2) is 0 Å². The number of piperidine rings is 1. The highest BCUT2D eigenvalue weighted by Gasteiger charge is 2.50. The van der Waals surface area contributed by atoms with Crippen molar-refractivity contribution in [3.63, 3.8) is 0 Å². The molecule has 2 fully saturated rings. The van der Waals surface area contributed by atoms with Gasteiger partial charge in [-0.05, 0) is 57.0 Å². The van der Waals surface area contributed by atoms with Crippen LogP contribution in [0.4, 0.5) is 0 Å². The molecule has 1 heterocycles. The first-order chi connectivity index (χ1) is 9.08. The van der Waals surface area contributed by atoms with Crippen molar-refractivity contribution in [2.24, 2.45) is 17.6 Å². The number of amides is 1. The van der Waals surface area contributed by atoms with E-state index in [1.165, 1.54) is 12.8 Å². The molecule has 0 aromatic carbocycles. The zero-order valence-electron chi connectivity index (χ0n) is 12.5. The quantitative estimate of drug-likeness (QED) is 0.732. The van der Waals surface area contributed by atoms with E-state index >= 15 is 0 Å². The van der Waals surface area contributed by atoms with E-state index in [-0.39, 0.29) is 5.91 Å². The van der Waals surface area contributed by atoms with Crippen LogP contribution in [0.5, 0.6) is 0 Å². The molecule has 1 amide bonds. The molecule has 110 valence electrons. The van der Waals surface area contributed by atoms with Crippen LogP contribution in [0, 0.1) is 11.8 Å². The van der Waals surface area contributed by atoms with Crippen molar-refractivity contribution in [2.45, 2.75) is 51.5 Å². The minimum Gasteiger partial charge on any atom is -0.368 e. The van der Waals surface area contributed by atoms with Crippen LogP contribution in [0.15, 0.2) is 0 Å². The summed E-state index contributed by atoms with van der Waals surface area (Å²) in [7, 11) is 0. The largest absolute Gasteiger partial charge is 0.368 e. The molecule has 1 saturated heterocycles. The van der Waals surface area contributed by atoms with Gasteiger partial charge in [-0.15, -0.1) is 0 Å². The third kappa shape index (κ3) is 3.48. The number of hydrogen-bond donors (Lipinski definition) is 2. The highest BCUT2D eigenvalue weighted by Crippen LogP contribution is 2.40. The Morgan fingerprint density at radius 1 is 1.42 bits per heavy atom. The predicted molar refractivity (Wildman–Crippen MR) is 77.8 cm³/mol. The Morgan fingerprint density at radius 3 is 2.68 bits per heavy atom. The van der Waals surface area contributed by atoms with Crippen LogP contribution in [0.1, 0.15) is 46.0 Å². The van der Waals surface area contributed by atoms with Crippen molar-refractivity contribution in [1.82, 2.24) is 10.2 Å². The SMILES string of the molecule is CCCNC(CN1CCCC(C)C1)(C(N)=O)C1CC1. The molecule has 0 radical (unpaired) electrons. The second-order valence-corrected chi connectivity index (χ2v) is 6.52. The van der Waals surface area contributed by atoms with Gasteiger partial charge in [-0.2, -0.15) is 0 Å². The number of likely N-dealkylation sites (tertiary alicyclic amines) is 1. The molecule has 4 heteroatoms. The number of rotatable bonds is 7. The summed E-state index contributed by atoms with van der Waals surface area (Å²) in [5.74, 6) is 1.04. The van der Waals surface area contributed by atoms with Crippen LogP contribution in [0.2, 0.25) is 0 Å². The molecular formula is C15H29N3O. The fraction of sp³-hybridized carbons (Fsp3) is 0.933. The van der Waals surface area contributed by atoms with Gasteiger partial charge in [0.2, 0.25) is 5.91 Å². The van der Waals surface area contributed by atoms with Crippen LogP contribution >= 0.6 is 0 Å². The maximum atomic E-state index is 12.1. The molecule has 4 nitrogen and oxygen atoms in total. The van der Waals surface area contributed by atoms with Gasteiger partial charge in [0.25, 0.3) is 0 Å². The van der Waals surface area contributed by atoms with Crippen molar-refractivity contribution < 1.29 is 4.79 Å². The first-order valence-corrected chi connectivity index (χ1v) is 7.85. The molecule has 0 aromatic heterocycles. The lowest BCUT2D eigenvalue weighted by atomic mass is 9.89. The number of nitrogens with zero attached hydrogens (tertiary/aromatic N) is 1. The molecule has 1 saturated carbocycles. The molecule has 2 rings (SSSR count). The zero-order valence-corrected chi connectivity index (χ0v) is 12.5. The summed E-state index contributed by atoms with van der Waals surface area (Å²) in [4.78, 5) is 14.5. The predicted octanol–water partition coefficient (Wildman–Crippen LogP) is 1.35. The van der Waals surface area contributed by atoms with Gasteiger partial charge in [0, 0.05) is 13.1 Å². The third-order valence-corrected chi connectivity index (χ3v) is 4.62. The van der Waals surface area contributed by atoms with E-state index in [9.17, 15) is 4.79 Å². The van der Waals surface area contributed by atoms with Gasteiger partial charge in [-0.3, -0.25) is 4.79 Å². The van der Waals surface area contributed by atoms with Crippen LogP contribution in [-0.4, -0.2) is 42.5 Å². The van der Waals surface area contributed by atoms with E-state index in [1.54, 1.807) is 0 Å². The minimum atomic E-state index is -0.479. The van der Waals surface area contributed by atoms with Crippen molar-refractivity contribution in [3.05, 3.63) is 0 Å². The molecule has 0 spiro atoms. The topological polar surface area (TPSA) is 58.4 Å². The van der Waals surface area contributed by atoms with E-state index in [4.69, 9.17) is 5.73 Å². The first-order valence-electron chi connectivity index (χ1n) is 7.85. The van der Waals surface area contributed by atoms with Crippen molar-refractivity contribution in [1.29, 1.82) is 0 Å². The fourth-order valence-electron chi connectivity index (χ4n) is 3.40. The average molecular weight is 267 g/mol. The summed E-state index contributed by atoms with van der Waals surface area (Å²) in [6, 6.07) is 0. The third-order valence-electron chi connectivity index (χ3n) is 4.62. The summed E-state index contributed by atoms with van der Waals surface area (Å²) < 4.78 is 0. The number of carbonyl (C=O) groups is 1. The van der Waals surface area contributed by atoms with Crippen LogP contribution in [0.25, 0.3) is 0 Å².